The van der Waals surface area contributed by atoms with E-state index in [2.05, 4.69) is 9.97 Å². The summed E-state index contributed by atoms with van der Waals surface area (Å²) >= 11 is 5.88. The standard InChI is InChI=1S/C13H13ClFN3/c1-9-6-12(14)17-13(16-9)8-18(2)11-5-3-4-10(15)7-11/h3-7H,8H2,1-2H3. The summed E-state index contributed by atoms with van der Waals surface area (Å²) < 4.78 is 13.1. The molecule has 94 valence electrons. The van der Waals surface area contributed by atoms with Crippen LogP contribution >= 0.6 is 11.6 Å². The molecule has 5 heteroatoms. The fourth-order valence-corrected chi connectivity index (χ4v) is 1.93. The molecule has 0 fully saturated rings. The Hall–Kier alpha value is -1.68. The van der Waals surface area contributed by atoms with E-state index in [0.717, 1.165) is 11.4 Å². The smallest absolute Gasteiger partial charge is 0.149 e. The summed E-state index contributed by atoms with van der Waals surface area (Å²) in [6.07, 6.45) is 0. The van der Waals surface area contributed by atoms with Gasteiger partial charge in [-0.15, -0.1) is 0 Å². The Morgan fingerprint density at radius 2 is 2.06 bits per heavy atom. The van der Waals surface area contributed by atoms with E-state index in [9.17, 15) is 4.39 Å². The van der Waals surface area contributed by atoms with Gasteiger partial charge in [0.1, 0.15) is 16.8 Å². The fourth-order valence-electron chi connectivity index (χ4n) is 1.68. The summed E-state index contributed by atoms with van der Waals surface area (Å²) in [5, 5.41) is 0.421. The molecule has 3 nitrogen and oxygen atoms in total. The Bertz CT molecular complexity index is 539. The molecule has 0 aliphatic rings. The van der Waals surface area contributed by atoms with Gasteiger partial charge in [0.05, 0.1) is 6.54 Å². The highest BCUT2D eigenvalue weighted by atomic mass is 35.5. The van der Waals surface area contributed by atoms with Crippen molar-refractivity contribution < 1.29 is 4.39 Å². The van der Waals surface area contributed by atoms with Crippen LogP contribution in [-0.4, -0.2) is 17.0 Å². The van der Waals surface area contributed by atoms with Crippen molar-refractivity contribution in [2.45, 2.75) is 13.5 Å². The van der Waals surface area contributed by atoms with Crippen LogP contribution in [0.4, 0.5) is 10.1 Å². The van der Waals surface area contributed by atoms with Crippen LogP contribution in [0.1, 0.15) is 11.5 Å². The molecule has 0 aliphatic heterocycles. The molecule has 0 unspecified atom stereocenters. The number of rotatable bonds is 3. The maximum Gasteiger partial charge on any atom is 0.149 e. The molecular weight excluding hydrogens is 253 g/mol. The molecule has 1 heterocycles. The number of hydrogen-bond acceptors (Lipinski definition) is 3. The monoisotopic (exact) mass is 265 g/mol. The van der Waals surface area contributed by atoms with Crippen molar-refractivity contribution in [2.24, 2.45) is 0 Å². The molecule has 2 rings (SSSR count). The molecule has 1 aromatic carbocycles. The van der Waals surface area contributed by atoms with Gasteiger partial charge in [-0.05, 0) is 31.2 Å². The Balaban J connectivity index is 2.18. The summed E-state index contributed by atoms with van der Waals surface area (Å²) in [6, 6.07) is 8.09. The van der Waals surface area contributed by atoms with Crippen molar-refractivity contribution in [3.8, 4) is 0 Å². The lowest BCUT2D eigenvalue weighted by Crippen LogP contribution is -2.18. The number of aromatic nitrogens is 2. The quantitative estimate of drug-likeness (QED) is 0.798. The lowest BCUT2D eigenvalue weighted by atomic mass is 10.3. The van der Waals surface area contributed by atoms with Gasteiger partial charge in [-0.3, -0.25) is 0 Å². The van der Waals surface area contributed by atoms with Crippen molar-refractivity contribution >= 4 is 17.3 Å². The average Bonchev–Trinajstić information content (AvgIpc) is 2.27. The van der Waals surface area contributed by atoms with Gasteiger partial charge < -0.3 is 4.90 Å². The minimum atomic E-state index is -0.262. The van der Waals surface area contributed by atoms with E-state index in [1.54, 1.807) is 12.1 Å². The Kier molecular flexibility index (Phi) is 3.77. The van der Waals surface area contributed by atoms with Crippen LogP contribution in [0.15, 0.2) is 30.3 Å². The molecule has 1 aromatic heterocycles. The van der Waals surface area contributed by atoms with Gasteiger partial charge in [0, 0.05) is 18.4 Å². The molecule has 0 atom stereocenters. The van der Waals surface area contributed by atoms with Crippen LogP contribution in [0.5, 0.6) is 0 Å². The maximum atomic E-state index is 13.1. The highest BCUT2D eigenvalue weighted by Crippen LogP contribution is 2.16. The summed E-state index contributed by atoms with van der Waals surface area (Å²) in [5.41, 5.74) is 1.59. The van der Waals surface area contributed by atoms with E-state index in [4.69, 9.17) is 11.6 Å². The molecule has 0 radical (unpaired) electrons. The van der Waals surface area contributed by atoms with Crippen molar-refractivity contribution in [3.05, 3.63) is 52.8 Å². The van der Waals surface area contributed by atoms with Crippen LogP contribution < -0.4 is 4.90 Å². The van der Waals surface area contributed by atoms with Gasteiger partial charge in [-0.25, -0.2) is 14.4 Å². The first-order valence-electron chi connectivity index (χ1n) is 5.51. The zero-order valence-corrected chi connectivity index (χ0v) is 10.9. The number of benzene rings is 1. The highest BCUT2D eigenvalue weighted by molar-refractivity contribution is 6.29. The third-order valence-electron chi connectivity index (χ3n) is 2.50. The van der Waals surface area contributed by atoms with Crippen molar-refractivity contribution in [1.82, 2.24) is 9.97 Å². The summed E-state index contributed by atoms with van der Waals surface area (Å²) in [4.78, 5) is 10.3. The molecule has 0 N–H and O–H groups in total. The SMILES string of the molecule is Cc1cc(Cl)nc(CN(C)c2cccc(F)c2)n1. The average molecular weight is 266 g/mol. The lowest BCUT2D eigenvalue weighted by Gasteiger charge is -2.18. The number of hydrogen-bond donors (Lipinski definition) is 0. The van der Waals surface area contributed by atoms with Crippen LogP contribution in [0, 0.1) is 12.7 Å². The lowest BCUT2D eigenvalue weighted by molar-refractivity contribution is 0.627. The molecule has 0 amide bonds. The first kappa shape index (κ1) is 12.8. The predicted molar refractivity (Wildman–Crippen MR) is 70.3 cm³/mol. The van der Waals surface area contributed by atoms with Gasteiger partial charge in [-0.1, -0.05) is 17.7 Å². The first-order valence-corrected chi connectivity index (χ1v) is 5.89. The minimum absolute atomic E-state index is 0.262. The zero-order valence-electron chi connectivity index (χ0n) is 10.2. The Morgan fingerprint density at radius 3 is 2.72 bits per heavy atom. The molecule has 0 spiro atoms. The topological polar surface area (TPSA) is 29.0 Å². The molecule has 0 saturated heterocycles. The highest BCUT2D eigenvalue weighted by Gasteiger charge is 2.06. The van der Waals surface area contributed by atoms with Crippen LogP contribution in [-0.2, 0) is 6.54 Å². The second-order valence-electron chi connectivity index (χ2n) is 4.08. The summed E-state index contributed by atoms with van der Waals surface area (Å²) in [5.74, 6) is 0.356. The molecule has 18 heavy (non-hydrogen) atoms. The number of nitrogens with zero attached hydrogens (tertiary/aromatic N) is 3. The third kappa shape index (κ3) is 3.17. The van der Waals surface area contributed by atoms with Gasteiger partial charge in [-0.2, -0.15) is 0 Å². The number of aryl methyl sites for hydroxylation is 1. The van der Waals surface area contributed by atoms with E-state index in [1.165, 1.54) is 12.1 Å². The van der Waals surface area contributed by atoms with E-state index < -0.39 is 0 Å². The van der Waals surface area contributed by atoms with Crippen molar-refractivity contribution in [3.63, 3.8) is 0 Å². The van der Waals surface area contributed by atoms with E-state index in [-0.39, 0.29) is 5.82 Å². The van der Waals surface area contributed by atoms with Gasteiger partial charge in [0.15, 0.2) is 0 Å². The number of halogens is 2. The maximum absolute atomic E-state index is 13.1. The molecular formula is C13H13ClFN3. The molecule has 2 aromatic rings. The van der Waals surface area contributed by atoms with E-state index in [0.29, 0.717) is 17.5 Å². The first-order chi connectivity index (χ1) is 8.54. The van der Waals surface area contributed by atoms with Crippen LogP contribution in [0.3, 0.4) is 0 Å². The number of anilines is 1. The Morgan fingerprint density at radius 1 is 1.28 bits per heavy atom. The summed E-state index contributed by atoms with van der Waals surface area (Å²) in [6.45, 7) is 2.34. The second kappa shape index (κ2) is 5.31. The molecule has 0 bridgehead atoms. The van der Waals surface area contributed by atoms with Gasteiger partial charge >= 0.3 is 0 Å². The van der Waals surface area contributed by atoms with Crippen LogP contribution in [0.2, 0.25) is 5.15 Å². The van der Waals surface area contributed by atoms with Crippen molar-refractivity contribution in [1.29, 1.82) is 0 Å². The zero-order chi connectivity index (χ0) is 13.1. The van der Waals surface area contributed by atoms with Crippen LogP contribution in [0.25, 0.3) is 0 Å². The summed E-state index contributed by atoms with van der Waals surface area (Å²) in [7, 11) is 1.86. The Labute approximate surface area is 110 Å². The van der Waals surface area contributed by atoms with E-state index >= 15 is 0 Å². The van der Waals surface area contributed by atoms with Gasteiger partial charge in [0.25, 0.3) is 0 Å². The largest absolute Gasteiger partial charge is 0.367 e. The minimum Gasteiger partial charge on any atom is -0.367 e. The van der Waals surface area contributed by atoms with E-state index in [1.807, 2.05) is 24.9 Å². The second-order valence-corrected chi connectivity index (χ2v) is 4.47. The predicted octanol–water partition coefficient (Wildman–Crippen LogP) is 3.21. The van der Waals surface area contributed by atoms with Crippen molar-refractivity contribution in [2.75, 3.05) is 11.9 Å². The van der Waals surface area contributed by atoms with Gasteiger partial charge in [0.2, 0.25) is 0 Å². The fraction of sp³-hybridized carbons (Fsp3) is 0.231. The normalized spacial score (nSPS) is 10.4. The molecule has 0 aliphatic carbocycles. The third-order valence-corrected chi connectivity index (χ3v) is 2.69. The molecule has 0 saturated carbocycles.